The molecule has 1 aromatic carbocycles. The Morgan fingerprint density at radius 1 is 1.35 bits per heavy atom. The van der Waals surface area contributed by atoms with E-state index < -0.39 is 16.1 Å². The average Bonchev–Trinajstić information content (AvgIpc) is 2.49. The summed E-state index contributed by atoms with van der Waals surface area (Å²) in [6, 6.07) is 4.15. The predicted octanol–water partition coefficient (Wildman–Crippen LogP) is 1.66. The number of ether oxygens (including phenoxy) is 1. The van der Waals surface area contributed by atoms with E-state index in [1.165, 1.54) is 0 Å². The van der Waals surface area contributed by atoms with E-state index in [0.29, 0.717) is 37.0 Å². The highest BCUT2D eigenvalue weighted by molar-refractivity contribution is 7.92. The van der Waals surface area contributed by atoms with Gasteiger partial charge in [-0.1, -0.05) is 17.7 Å². The molecular weight excluding hydrogens is 340 g/mol. The topological polar surface area (TPSA) is 66.9 Å². The first-order chi connectivity index (χ1) is 10.7. The molecule has 0 saturated carbocycles. The molecular formula is C15H21ClN2O4S. The minimum Gasteiger partial charge on any atom is -0.378 e. The second-order valence-electron chi connectivity index (χ2n) is 5.60. The number of aryl methyl sites for hydroxylation is 1. The number of halogens is 1. The molecule has 1 aromatic rings. The standard InChI is InChI=1S/C15H21ClN2O4S/c1-11-4-5-13(16)10-14(11)18(23(3,20)21)12(2)15(19)17-6-8-22-9-7-17/h4-5,10,12H,6-9H2,1-3H3/t12-/m0/s1. The SMILES string of the molecule is Cc1ccc(Cl)cc1N([C@@H](C)C(=O)N1CCOCC1)S(C)(=O)=O. The van der Waals surface area contributed by atoms with Crippen LogP contribution < -0.4 is 4.31 Å². The maximum Gasteiger partial charge on any atom is 0.246 e. The third-order valence-electron chi connectivity index (χ3n) is 3.80. The number of rotatable bonds is 4. The molecule has 23 heavy (non-hydrogen) atoms. The predicted molar refractivity (Wildman–Crippen MR) is 90.4 cm³/mol. The highest BCUT2D eigenvalue weighted by atomic mass is 35.5. The van der Waals surface area contributed by atoms with Gasteiger partial charge in [-0.2, -0.15) is 0 Å². The van der Waals surface area contributed by atoms with Crippen molar-refractivity contribution in [2.45, 2.75) is 19.9 Å². The summed E-state index contributed by atoms with van der Waals surface area (Å²) in [5.74, 6) is -0.238. The third kappa shape index (κ3) is 4.16. The van der Waals surface area contributed by atoms with Crippen molar-refractivity contribution in [3.63, 3.8) is 0 Å². The fourth-order valence-electron chi connectivity index (χ4n) is 2.64. The molecule has 1 fully saturated rings. The van der Waals surface area contributed by atoms with Crippen LogP contribution in [0.4, 0.5) is 5.69 Å². The Kier molecular flexibility index (Phi) is 5.54. The quantitative estimate of drug-likeness (QED) is 0.819. The lowest BCUT2D eigenvalue weighted by Gasteiger charge is -2.35. The molecule has 0 bridgehead atoms. The first kappa shape index (κ1) is 18.0. The van der Waals surface area contributed by atoms with Crippen molar-refractivity contribution >= 4 is 33.2 Å². The molecule has 1 aliphatic heterocycles. The van der Waals surface area contributed by atoms with E-state index in [4.69, 9.17) is 16.3 Å². The fraction of sp³-hybridized carbons (Fsp3) is 0.533. The Morgan fingerprint density at radius 3 is 2.52 bits per heavy atom. The van der Waals surface area contributed by atoms with Crippen LogP contribution in [0.5, 0.6) is 0 Å². The summed E-state index contributed by atoms with van der Waals surface area (Å²) in [5, 5.41) is 0.422. The molecule has 1 amide bonds. The molecule has 1 aliphatic rings. The highest BCUT2D eigenvalue weighted by Crippen LogP contribution is 2.28. The van der Waals surface area contributed by atoms with Crippen LogP contribution in [0.3, 0.4) is 0 Å². The van der Waals surface area contributed by atoms with E-state index in [-0.39, 0.29) is 5.91 Å². The molecule has 1 atom stereocenters. The van der Waals surface area contributed by atoms with Crippen LogP contribution in [0, 0.1) is 6.92 Å². The lowest BCUT2D eigenvalue weighted by Crippen LogP contribution is -2.52. The highest BCUT2D eigenvalue weighted by Gasteiger charge is 2.33. The fourth-order valence-corrected chi connectivity index (χ4v) is 4.03. The van der Waals surface area contributed by atoms with Gasteiger partial charge in [-0.05, 0) is 31.5 Å². The van der Waals surface area contributed by atoms with Crippen molar-refractivity contribution in [3.8, 4) is 0 Å². The van der Waals surface area contributed by atoms with E-state index >= 15 is 0 Å². The number of hydrogen-bond acceptors (Lipinski definition) is 4. The van der Waals surface area contributed by atoms with Gasteiger partial charge in [0.05, 0.1) is 25.2 Å². The first-order valence-corrected chi connectivity index (χ1v) is 9.56. The zero-order valence-electron chi connectivity index (χ0n) is 13.5. The maximum atomic E-state index is 12.7. The number of carbonyl (C=O) groups excluding carboxylic acids is 1. The first-order valence-electron chi connectivity index (χ1n) is 7.34. The second-order valence-corrected chi connectivity index (χ2v) is 7.90. The van der Waals surface area contributed by atoms with Gasteiger partial charge in [0, 0.05) is 18.1 Å². The van der Waals surface area contributed by atoms with Gasteiger partial charge in [0.25, 0.3) is 0 Å². The number of carbonyl (C=O) groups is 1. The van der Waals surface area contributed by atoms with Crippen LogP contribution in [0.1, 0.15) is 12.5 Å². The second kappa shape index (κ2) is 7.07. The van der Waals surface area contributed by atoms with Crippen LogP contribution in [0.15, 0.2) is 18.2 Å². The lowest BCUT2D eigenvalue weighted by atomic mass is 10.1. The smallest absolute Gasteiger partial charge is 0.246 e. The van der Waals surface area contributed by atoms with Crippen molar-refractivity contribution in [2.75, 3.05) is 36.9 Å². The van der Waals surface area contributed by atoms with Crippen LogP contribution in [0.2, 0.25) is 5.02 Å². The monoisotopic (exact) mass is 360 g/mol. The van der Waals surface area contributed by atoms with Crippen molar-refractivity contribution in [3.05, 3.63) is 28.8 Å². The molecule has 0 aliphatic carbocycles. The zero-order valence-corrected chi connectivity index (χ0v) is 15.0. The lowest BCUT2D eigenvalue weighted by molar-refractivity contribution is -0.136. The van der Waals surface area contributed by atoms with Gasteiger partial charge in [0.1, 0.15) is 6.04 Å². The summed E-state index contributed by atoms with van der Waals surface area (Å²) in [4.78, 5) is 14.3. The van der Waals surface area contributed by atoms with Gasteiger partial charge >= 0.3 is 0 Å². The molecule has 0 unspecified atom stereocenters. The zero-order chi connectivity index (χ0) is 17.2. The Bertz CT molecular complexity index is 687. The number of hydrogen-bond donors (Lipinski definition) is 0. The van der Waals surface area contributed by atoms with Crippen LogP contribution in [-0.4, -0.2) is 57.8 Å². The average molecular weight is 361 g/mol. The number of benzene rings is 1. The van der Waals surface area contributed by atoms with Crippen molar-refractivity contribution in [1.29, 1.82) is 0 Å². The number of amides is 1. The summed E-state index contributed by atoms with van der Waals surface area (Å²) in [7, 11) is -3.64. The molecule has 0 radical (unpaired) electrons. The molecule has 6 nitrogen and oxygen atoms in total. The van der Waals surface area contributed by atoms with Crippen molar-refractivity contribution < 1.29 is 17.9 Å². The van der Waals surface area contributed by atoms with Crippen molar-refractivity contribution in [2.24, 2.45) is 0 Å². The molecule has 1 heterocycles. The van der Waals surface area contributed by atoms with Crippen LogP contribution in [0.25, 0.3) is 0 Å². The summed E-state index contributed by atoms with van der Waals surface area (Å²) in [6.45, 7) is 5.25. The Hall–Kier alpha value is -1.31. The summed E-state index contributed by atoms with van der Waals surface area (Å²) in [6.07, 6.45) is 1.09. The largest absolute Gasteiger partial charge is 0.378 e. The van der Waals surface area contributed by atoms with E-state index in [9.17, 15) is 13.2 Å². The van der Waals surface area contributed by atoms with Gasteiger partial charge in [-0.3, -0.25) is 9.10 Å². The van der Waals surface area contributed by atoms with Crippen LogP contribution in [-0.2, 0) is 19.6 Å². The van der Waals surface area contributed by atoms with Crippen LogP contribution >= 0.6 is 11.6 Å². The molecule has 0 spiro atoms. The van der Waals surface area contributed by atoms with Gasteiger partial charge in [0.15, 0.2) is 0 Å². The minimum absolute atomic E-state index is 0.238. The summed E-state index contributed by atoms with van der Waals surface area (Å²) < 4.78 is 31.0. The molecule has 2 rings (SSSR count). The molecule has 0 aromatic heterocycles. The van der Waals surface area contributed by atoms with E-state index in [2.05, 4.69) is 0 Å². The van der Waals surface area contributed by atoms with E-state index in [1.807, 2.05) is 0 Å². The van der Waals surface area contributed by atoms with E-state index in [1.54, 1.807) is 36.9 Å². The Balaban J connectivity index is 2.39. The summed E-state index contributed by atoms with van der Waals surface area (Å²) >= 11 is 6.01. The minimum atomic E-state index is -3.64. The maximum absolute atomic E-state index is 12.7. The number of anilines is 1. The van der Waals surface area contributed by atoms with Gasteiger partial charge < -0.3 is 9.64 Å². The Morgan fingerprint density at radius 2 is 1.96 bits per heavy atom. The Labute approximate surface area is 142 Å². The van der Waals surface area contributed by atoms with Gasteiger partial charge in [-0.15, -0.1) is 0 Å². The van der Waals surface area contributed by atoms with Crippen molar-refractivity contribution in [1.82, 2.24) is 4.90 Å². The molecule has 1 saturated heterocycles. The van der Waals surface area contributed by atoms with E-state index in [0.717, 1.165) is 16.1 Å². The summed E-state index contributed by atoms with van der Waals surface area (Å²) in [5.41, 5.74) is 1.16. The number of nitrogens with zero attached hydrogens (tertiary/aromatic N) is 2. The van der Waals surface area contributed by atoms with Gasteiger partial charge in [0.2, 0.25) is 15.9 Å². The third-order valence-corrected chi connectivity index (χ3v) is 5.26. The number of morpholine rings is 1. The molecule has 128 valence electrons. The molecule has 0 N–H and O–H groups in total. The molecule has 8 heteroatoms. The number of sulfonamides is 1. The normalized spacial score (nSPS) is 17.0. The van der Waals surface area contributed by atoms with Gasteiger partial charge in [-0.25, -0.2) is 8.42 Å².